The molecular weight excluding hydrogens is 396 g/mol. The normalized spacial score (nSPS) is 22.0. The number of nitrogens with zero attached hydrogens (tertiary/aromatic N) is 2. The van der Waals surface area contributed by atoms with Crippen LogP contribution in [-0.2, 0) is 6.54 Å². The monoisotopic (exact) mass is 428 g/mol. The molecule has 3 aromatic carbocycles. The van der Waals surface area contributed by atoms with Crippen LogP contribution in [0.5, 0.6) is 0 Å². The summed E-state index contributed by atoms with van der Waals surface area (Å²) in [7, 11) is 0. The average Bonchev–Trinajstić information content (AvgIpc) is 3.30. The van der Waals surface area contributed by atoms with Gasteiger partial charge in [0.15, 0.2) is 0 Å². The zero-order valence-corrected chi connectivity index (χ0v) is 19.2. The Morgan fingerprint density at radius 2 is 1.48 bits per heavy atom. The van der Waals surface area contributed by atoms with E-state index in [0.717, 1.165) is 13.1 Å². The molecule has 0 saturated carbocycles. The highest BCUT2D eigenvalue weighted by Gasteiger charge is 2.41. The molecule has 3 heteroatoms. The maximum Gasteiger partial charge on any atom is 0.0336 e. The second-order valence-electron chi connectivity index (χ2n) is 8.91. The Labute approximate surface area is 191 Å². The van der Waals surface area contributed by atoms with Gasteiger partial charge in [-0.3, -0.25) is 9.80 Å². The average molecular weight is 429 g/mol. The summed E-state index contributed by atoms with van der Waals surface area (Å²) in [6, 6.07) is 32.5. The van der Waals surface area contributed by atoms with Crippen molar-refractivity contribution in [2.45, 2.75) is 42.3 Å². The SMILES string of the molecule is CSc1ccccc1CN1C[C@@H]2CCCN2[C@H](C(c2ccccc2)c2ccccc2)C1. The summed E-state index contributed by atoms with van der Waals surface area (Å²) < 4.78 is 0. The van der Waals surface area contributed by atoms with Crippen molar-refractivity contribution in [1.82, 2.24) is 9.80 Å². The molecule has 0 radical (unpaired) electrons. The molecule has 5 rings (SSSR count). The van der Waals surface area contributed by atoms with Crippen molar-refractivity contribution in [2.75, 3.05) is 25.9 Å². The van der Waals surface area contributed by atoms with Crippen LogP contribution in [0.1, 0.15) is 35.4 Å². The van der Waals surface area contributed by atoms with Crippen molar-refractivity contribution in [3.8, 4) is 0 Å². The number of fused-ring (bicyclic) bond motifs is 1. The molecular formula is C28H32N2S. The third kappa shape index (κ3) is 4.45. The van der Waals surface area contributed by atoms with Crippen LogP contribution >= 0.6 is 11.8 Å². The van der Waals surface area contributed by atoms with Crippen molar-refractivity contribution in [3.05, 3.63) is 102 Å². The third-order valence-electron chi connectivity index (χ3n) is 7.05. The number of hydrogen-bond donors (Lipinski definition) is 0. The Hall–Kier alpha value is -2.07. The van der Waals surface area contributed by atoms with E-state index in [1.54, 1.807) is 0 Å². The second-order valence-corrected chi connectivity index (χ2v) is 9.75. The summed E-state index contributed by atoms with van der Waals surface area (Å²) in [5, 5.41) is 0. The van der Waals surface area contributed by atoms with Gasteiger partial charge < -0.3 is 0 Å². The van der Waals surface area contributed by atoms with E-state index >= 15 is 0 Å². The van der Waals surface area contributed by atoms with Gasteiger partial charge in [0, 0.05) is 42.5 Å². The molecule has 2 saturated heterocycles. The largest absolute Gasteiger partial charge is 0.296 e. The van der Waals surface area contributed by atoms with Crippen molar-refractivity contribution >= 4 is 11.8 Å². The first kappa shape index (κ1) is 20.8. The quantitative estimate of drug-likeness (QED) is 0.452. The van der Waals surface area contributed by atoms with Crippen LogP contribution in [0.3, 0.4) is 0 Å². The van der Waals surface area contributed by atoms with Gasteiger partial charge in [0.25, 0.3) is 0 Å². The summed E-state index contributed by atoms with van der Waals surface area (Å²) >= 11 is 1.87. The summed E-state index contributed by atoms with van der Waals surface area (Å²) in [5.41, 5.74) is 4.35. The number of hydrogen-bond acceptors (Lipinski definition) is 3. The molecule has 2 nitrogen and oxygen atoms in total. The van der Waals surface area contributed by atoms with Crippen molar-refractivity contribution in [2.24, 2.45) is 0 Å². The minimum absolute atomic E-state index is 0.404. The Balaban J connectivity index is 1.49. The third-order valence-corrected chi connectivity index (χ3v) is 7.89. The highest BCUT2D eigenvalue weighted by Crippen LogP contribution is 2.38. The molecule has 0 spiro atoms. The number of thioether (sulfide) groups is 1. The highest BCUT2D eigenvalue weighted by atomic mass is 32.2. The van der Waals surface area contributed by atoms with E-state index in [4.69, 9.17) is 0 Å². The van der Waals surface area contributed by atoms with Gasteiger partial charge in [-0.2, -0.15) is 0 Å². The first-order chi connectivity index (χ1) is 15.3. The molecule has 0 bridgehead atoms. The number of piperazine rings is 1. The topological polar surface area (TPSA) is 6.48 Å². The van der Waals surface area contributed by atoms with Gasteiger partial charge in [0.05, 0.1) is 0 Å². The fourth-order valence-corrected chi connectivity index (χ4v) is 6.30. The molecule has 0 N–H and O–H groups in total. The van der Waals surface area contributed by atoms with Gasteiger partial charge in [-0.15, -0.1) is 11.8 Å². The lowest BCUT2D eigenvalue weighted by molar-refractivity contribution is 0.0380. The van der Waals surface area contributed by atoms with Crippen LogP contribution in [-0.4, -0.2) is 47.8 Å². The zero-order valence-electron chi connectivity index (χ0n) is 18.4. The van der Waals surface area contributed by atoms with Crippen LogP contribution < -0.4 is 0 Å². The first-order valence-electron chi connectivity index (χ1n) is 11.5. The van der Waals surface area contributed by atoms with Gasteiger partial charge in [-0.1, -0.05) is 78.9 Å². The molecule has 0 aromatic heterocycles. The van der Waals surface area contributed by atoms with E-state index in [2.05, 4.69) is 101 Å². The van der Waals surface area contributed by atoms with E-state index in [-0.39, 0.29) is 0 Å². The van der Waals surface area contributed by atoms with Crippen molar-refractivity contribution in [3.63, 3.8) is 0 Å². The zero-order chi connectivity index (χ0) is 21.0. The van der Waals surface area contributed by atoms with Crippen LogP contribution in [0.2, 0.25) is 0 Å². The molecule has 31 heavy (non-hydrogen) atoms. The minimum Gasteiger partial charge on any atom is -0.296 e. The fourth-order valence-electron chi connectivity index (χ4n) is 5.69. The molecule has 2 aliphatic rings. The number of benzene rings is 3. The molecule has 160 valence electrons. The van der Waals surface area contributed by atoms with Gasteiger partial charge in [0.1, 0.15) is 0 Å². The van der Waals surface area contributed by atoms with Gasteiger partial charge in [-0.25, -0.2) is 0 Å². The molecule has 0 amide bonds. The Bertz CT molecular complexity index is 935. The predicted molar refractivity (Wildman–Crippen MR) is 132 cm³/mol. The maximum atomic E-state index is 2.83. The van der Waals surface area contributed by atoms with Gasteiger partial charge in [0.2, 0.25) is 0 Å². The summed E-state index contributed by atoms with van der Waals surface area (Å²) in [6.07, 6.45) is 4.84. The fraction of sp³-hybridized carbons (Fsp3) is 0.357. The van der Waals surface area contributed by atoms with E-state index < -0.39 is 0 Å². The van der Waals surface area contributed by atoms with E-state index in [9.17, 15) is 0 Å². The van der Waals surface area contributed by atoms with E-state index in [0.29, 0.717) is 18.0 Å². The Kier molecular flexibility index (Phi) is 6.45. The maximum absolute atomic E-state index is 2.83. The predicted octanol–water partition coefficient (Wildman–Crippen LogP) is 5.89. The van der Waals surface area contributed by atoms with Crippen LogP contribution in [0.4, 0.5) is 0 Å². The smallest absolute Gasteiger partial charge is 0.0336 e. The summed E-state index contributed by atoms with van der Waals surface area (Å²) in [6.45, 7) is 4.60. The lowest BCUT2D eigenvalue weighted by atomic mass is 9.82. The lowest BCUT2D eigenvalue weighted by Gasteiger charge is -2.47. The van der Waals surface area contributed by atoms with E-state index in [1.807, 2.05) is 11.8 Å². The molecule has 0 aliphatic carbocycles. The molecule has 2 aliphatic heterocycles. The first-order valence-corrected chi connectivity index (χ1v) is 12.8. The molecule has 2 heterocycles. The van der Waals surface area contributed by atoms with Gasteiger partial charge in [-0.05, 0) is 48.4 Å². The summed E-state index contributed by atoms with van der Waals surface area (Å²) in [5.74, 6) is 0.404. The molecule has 3 aromatic rings. The minimum atomic E-state index is 0.404. The van der Waals surface area contributed by atoms with Crippen LogP contribution in [0.15, 0.2) is 89.8 Å². The van der Waals surface area contributed by atoms with Crippen LogP contribution in [0, 0.1) is 0 Å². The summed E-state index contributed by atoms with van der Waals surface area (Å²) in [4.78, 5) is 6.97. The molecule has 2 atom stereocenters. The lowest BCUT2D eigenvalue weighted by Crippen LogP contribution is -2.57. The van der Waals surface area contributed by atoms with Crippen LogP contribution in [0.25, 0.3) is 0 Å². The van der Waals surface area contributed by atoms with Gasteiger partial charge >= 0.3 is 0 Å². The Morgan fingerprint density at radius 3 is 2.16 bits per heavy atom. The standard InChI is InChI=1S/C28H32N2S/c1-31-27-17-9-8-15-24(27)19-29-20-25-16-10-18-30(25)26(21-29)28(22-11-4-2-5-12-22)23-13-6-3-7-14-23/h2-9,11-15,17,25-26,28H,10,16,18-21H2,1H3/t25-,26-/m0/s1. The highest BCUT2D eigenvalue weighted by molar-refractivity contribution is 7.98. The second kappa shape index (κ2) is 9.60. The van der Waals surface area contributed by atoms with Crippen molar-refractivity contribution < 1.29 is 0 Å². The Morgan fingerprint density at radius 1 is 0.839 bits per heavy atom. The van der Waals surface area contributed by atoms with Crippen molar-refractivity contribution in [1.29, 1.82) is 0 Å². The number of rotatable bonds is 6. The van der Waals surface area contributed by atoms with E-state index in [1.165, 1.54) is 47.5 Å². The molecule has 2 fully saturated rings. The molecule has 0 unspecified atom stereocenters.